The van der Waals surface area contributed by atoms with E-state index in [9.17, 15) is 29.4 Å². The zero-order valence-electron chi connectivity index (χ0n) is 14.6. The van der Waals surface area contributed by atoms with Crippen LogP contribution in [0.25, 0.3) is 0 Å². The number of aromatic carboxylic acids is 2. The van der Waals surface area contributed by atoms with E-state index in [-0.39, 0.29) is 68.1 Å². The molecule has 2 aromatic rings. The van der Waals surface area contributed by atoms with Crippen LogP contribution in [-0.4, -0.2) is 69.4 Å². The number of carboxylic acids is 2. The first-order chi connectivity index (χ1) is 12.2. The molecule has 0 unspecified atom stereocenters. The number of carbonyl (C=O) groups excluding carboxylic acids is 4. The Morgan fingerprint density at radius 1 is 0.667 bits per heavy atom. The third kappa shape index (κ3) is 8.83. The van der Waals surface area contributed by atoms with E-state index in [0.717, 1.165) is 0 Å². The number of rotatable bonds is 4. The average molecular weight is 446 g/mol. The predicted molar refractivity (Wildman–Crippen MR) is 89.9 cm³/mol. The average Bonchev–Trinajstić information content (AvgIpc) is 2.55. The van der Waals surface area contributed by atoms with Crippen LogP contribution in [0.15, 0.2) is 48.5 Å². The minimum absolute atomic E-state index is 0. The smallest absolute Gasteiger partial charge is 0.545 e. The van der Waals surface area contributed by atoms with Gasteiger partial charge in [0.15, 0.2) is 0 Å². The van der Waals surface area contributed by atoms with Crippen LogP contribution in [0.1, 0.15) is 34.6 Å². The molecule has 0 heterocycles. The number of carbonyl (C=O) groups is 4. The quantitative estimate of drug-likeness (QED) is 0.351. The zero-order chi connectivity index (χ0) is 19.7. The molecule has 2 rings (SSSR count). The third-order valence-corrected chi connectivity index (χ3v) is 2.72. The van der Waals surface area contributed by atoms with Gasteiger partial charge >= 0.3 is 57.4 Å². The van der Waals surface area contributed by atoms with Crippen LogP contribution in [0.4, 0.5) is 0 Å². The van der Waals surface area contributed by atoms with Gasteiger partial charge in [-0.05, 0) is 24.3 Å². The van der Waals surface area contributed by atoms with E-state index in [1.165, 1.54) is 50.2 Å². The monoisotopic (exact) mass is 446 g/mol. The Morgan fingerprint density at radius 3 is 1.22 bits per heavy atom. The number of esters is 2. The van der Waals surface area contributed by atoms with Gasteiger partial charge in [-0.3, -0.25) is 9.59 Å². The van der Waals surface area contributed by atoms with Gasteiger partial charge in [-0.25, -0.2) is 0 Å². The van der Waals surface area contributed by atoms with Crippen LogP contribution >= 0.6 is 0 Å². The molecule has 136 valence electrons. The van der Waals surface area contributed by atoms with E-state index in [4.69, 9.17) is 0 Å². The Labute approximate surface area is 192 Å². The molecule has 0 aliphatic rings. The van der Waals surface area contributed by atoms with Crippen LogP contribution in [-0.2, 0) is 9.59 Å². The molecule has 0 aromatic heterocycles. The van der Waals surface area contributed by atoms with Gasteiger partial charge in [0.05, 0.1) is 11.9 Å². The predicted octanol–water partition coefficient (Wildman–Crippen LogP) is -0.430. The van der Waals surface area contributed by atoms with E-state index in [1.54, 1.807) is 12.1 Å². The fourth-order valence-electron chi connectivity index (χ4n) is 1.76. The Bertz CT molecular complexity index is 762. The SMILES string of the molecule is CC(=O)Oc1ccccc1C(=O)[O-].CC(=O)Oc1ccccc1C(=O)[O-].[Sr+2]. The van der Waals surface area contributed by atoms with E-state index in [2.05, 4.69) is 9.47 Å². The minimum atomic E-state index is -1.36. The van der Waals surface area contributed by atoms with Crippen LogP contribution in [0, 0.1) is 0 Å². The molecule has 9 heteroatoms. The summed E-state index contributed by atoms with van der Waals surface area (Å²) in [6.45, 7) is 2.40. The Morgan fingerprint density at radius 2 is 0.963 bits per heavy atom. The number of hydrogen-bond donors (Lipinski definition) is 0. The molecule has 0 bridgehead atoms. The summed E-state index contributed by atoms with van der Waals surface area (Å²) in [5, 5.41) is 21.0. The van der Waals surface area contributed by atoms with Gasteiger partial charge in [0, 0.05) is 25.0 Å². The van der Waals surface area contributed by atoms with Crippen LogP contribution in [0.5, 0.6) is 11.5 Å². The summed E-state index contributed by atoms with van der Waals surface area (Å²) in [5.41, 5.74) is -0.254. The van der Waals surface area contributed by atoms with E-state index >= 15 is 0 Å². The first kappa shape index (κ1) is 24.8. The second-order valence-corrected chi connectivity index (χ2v) is 4.75. The van der Waals surface area contributed by atoms with E-state index in [1.807, 2.05) is 0 Å². The number of hydrogen-bond acceptors (Lipinski definition) is 8. The molecule has 0 N–H and O–H groups in total. The molecule has 0 atom stereocenters. The molecule has 0 saturated carbocycles. The van der Waals surface area contributed by atoms with Crippen molar-refractivity contribution in [3.05, 3.63) is 59.7 Å². The van der Waals surface area contributed by atoms with Gasteiger partial charge in [0.25, 0.3) is 0 Å². The molecule has 0 aliphatic heterocycles. The molecule has 0 aliphatic carbocycles. The molecule has 0 amide bonds. The summed E-state index contributed by atoms with van der Waals surface area (Å²) in [4.78, 5) is 42.1. The maximum atomic E-state index is 10.6. The fraction of sp³-hybridized carbons (Fsp3) is 0.111. The van der Waals surface area contributed by atoms with Crippen LogP contribution < -0.4 is 19.7 Å². The van der Waals surface area contributed by atoms with Gasteiger partial charge in [0.1, 0.15) is 11.5 Å². The fourth-order valence-corrected chi connectivity index (χ4v) is 1.76. The maximum Gasteiger partial charge on any atom is 2.00 e. The summed E-state index contributed by atoms with van der Waals surface area (Å²) in [7, 11) is 0. The van der Waals surface area contributed by atoms with Crippen molar-refractivity contribution in [2.45, 2.75) is 13.8 Å². The summed E-state index contributed by atoms with van der Waals surface area (Å²) in [5.74, 6) is -3.83. The third-order valence-electron chi connectivity index (χ3n) is 2.72. The van der Waals surface area contributed by atoms with Gasteiger partial charge in [-0.2, -0.15) is 0 Å². The van der Waals surface area contributed by atoms with Crippen LogP contribution in [0.2, 0.25) is 0 Å². The molecule has 2 aromatic carbocycles. The standard InChI is InChI=1S/2C9H8O4.Sr/c2*1-6(10)13-8-5-3-2-4-7(8)9(11)12;/h2*2-5H,1H3,(H,11,12);/q;;+2/p-2. The second-order valence-electron chi connectivity index (χ2n) is 4.75. The Balaban J connectivity index is 0.000000483. The largest absolute Gasteiger partial charge is 2.00 e. The van der Waals surface area contributed by atoms with Gasteiger partial charge in [-0.15, -0.1) is 0 Å². The molecule has 27 heavy (non-hydrogen) atoms. The van der Waals surface area contributed by atoms with Crippen molar-refractivity contribution in [2.24, 2.45) is 0 Å². The van der Waals surface area contributed by atoms with Crippen molar-refractivity contribution in [1.29, 1.82) is 0 Å². The number of carboxylic acid groups (broad SMARTS) is 2. The van der Waals surface area contributed by atoms with E-state index < -0.39 is 23.9 Å². The molecule has 0 radical (unpaired) electrons. The maximum absolute atomic E-state index is 10.6. The van der Waals surface area contributed by atoms with Gasteiger partial charge in [-0.1, -0.05) is 24.3 Å². The van der Waals surface area contributed by atoms with Crippen molar-refractivity contribution >= 4 is 69.4 Å². The molecule has 0 saturated heterocycles. The minimum Gasteiger partial charge on any atom is -0.545 e. The molecule has 0 spiro atoms. The topological polar surface area (TPSA) is 133 Å². The van der Waals surface area contributed by atoms with E-state index in [0.29, 0.717) is 0 Å². The van der Waals surface area contributed by atoms with Gasteiger partial charge < -0.3 is 29.3 Å². The van der Waals surface area contributed by atoms with Crippen molar-refractivity contribution < 1.29 is 38.9 Å². The number of ether oxygens (including phenoxy) is 2. The first-order valence-corrected chi connectivity index (χ1v) is 7.20. The Kier molecular flexibility index (Phi) is 11.2. The van der Waals surface area contributed by atoms with Crippen molar-refractivity contribution in [1.82, 2.24) is 0 Å². The van der Waals surface area contributed by atoms with Crippen molar-refractivity contribution in [2.75, 3.05) is 0 Å². The van der Waals surface area contributed by atoms with Gasteiger partial charge in [0.2, 0.25) is 0 Å². The molecular formula is C18H14O8Sr. The number of benzene rings is 2. The summed E-state index contributed by atoms with van der Waals surface area (Å²) in [6, 6.07) is 11.6. The van der Waals surface area contributed by atoms with Crippen molar-refractivity contribution in [3.63, 3.8) is 0 Å². The number of para-hydroxylation sites is 2. The first-order valence-electron chi connectivity index (χ1n) is 7.20. The molecular weight excluding hydrogens is 432 g/mol. The summed E-state index contributed by atoms with van der Waals surface area (Å²) in [6.07, 6.45) is 0. The van der Waals surface area contributed by atoms with Crippen LogP contribution in [0.3, 0.4) is 0 Å². The molecule has 0 fully saturated rings. The summed E-state index contributed by atoms with van der Waals surface area (Å²) < 4.78 is 9.29. The zero-order valence-corrected chi connectivity index (χ0v) is 18.1. The summed E-state index contributed by atoms with van der Waals surface area (Å²) >= 11 is 0. The second kappa shape index (κ2) is 12.2. The Hall–Kier alpha value is -2.20. The van der Waals surface area contributed by atoms with Crippen molar-refractivity contribution in [3.8, 4) is 11.5 Å². The normalized spacial score (nSPS) is 8.96. The molecule has 8 nitrogen and oxygen atoms in total.